The summed E-state index contributed by atoms with van der Waals surface area (Å²) in [4.78, 5) is 26.6. The van der Waals surface area contributed by atoms with Crippen molar-refractivity contribution < 1.29 is 9.72 Å². The average Bonchev–Trinajstić information content (AvgIpc) is 2.53. The lowest BCUT2D eigenvalue weighted by atomic mass is 10.0. The Labute approximate surface area is 126 Å². The molecule has 5 nitrogen and oxygen atoms in total. The lowest BCUT2D eigenvalue weighted by molar-refractivity contribution is -0.383. The second kappa shape index (κ2) is 5.37. The van der Waals surface area contributed by atoms with Crippen LogP contribution in [0.15, 0.2) is 54.6 Å². The highest BCUT2D eigenvalue weighted by atomic mass is 16.6. The number of ketones is 1. The van der Waals surface area contributed by atoms with E-state index < -0.39 is 4.92 Å². The number of benzene rings is 2. The van der Waals surface area contributed by atoms with Crippen LogP contribution >= 0.6 is 0 Å². The minimum Gasteiger partial charge on any atom is -0.295 e. The van der Waals surface area contributed by atoms with Gasteiger partial charge in [-0.2, -0.15) is 0 Å². The Morgan fingerprint density at radius 2 is 1.77 bits per heavy atom. The van der Waals surface area contributed by atoms with Gasteiger partial charge in [0.15, 0.2) is 5.78 Å². The topological polar surface area (TPSA) is 73.1 Å². The number of hydrogen-bond acceptors (Lipinski definition) is 4. The first kappa shape index (κ1) is 13.9. The average molecular weight is 292 g/mol. The van der Waals surface area contributed by atoms with E-state index in [1.807, 2.05) is 0 Å². The molecular formula is C17H12N2O3. The molecule has 2 aromatic carbocycles. The van der Waals surface area contributed by atoms with Gasteiger partial charge in [-0.15, -0.1) is 0 Å². The number of para-hydroxylation sites is 1. The molecule has 0 spiro atoms. The van der Waals surface area contributed by atoms with Crippen LogP contribution in [0.3, 0.4) is 0 Å². The Morgan fingerprint density at radius 3 is 2.41 bits per heavy atom. The fourth-order valence-corrected chi connectivity index (χ4v) is 2.33. The first-order valence-electron chi connectivity index (χ1n) is 6.72. The first-order chi connectivity index (χ1) is 10.6. The number of hydrogen-bond donors (Lipinski definition) is 0. The number of carbonyl (C=O) groups is 1. The summed E-state index contributed by atoms with van der Waals surface area (Å²) in [6.45, 7) is 1.49. The molecule has 3 aromatic rings. The van der Waals surface area contributed by atoms with Gasteiger partial charge in [-0.05, 0) is 19.1 Å². The molecule has 0 atom stereocenters. The van der Waals surface area contributed by atoms with Gasteiger partial charge in [-0.1, -0.05) is 36.4 Å². The van der Waals surface area contributed by atoms with Crippen LogP contribution in [-0.4, -0.2) is 15.7 Å². The number of aromatic nitrogens is 1. The third-order valence-electron chi connectivity index (χ3n) is 3.48. The van der Waals surface area contributed by atoms with Crippen molar-refractivity contribution in [3.05, 3.63) is 70.3 Å². The van der Waals surface area contributed by atoms with E-state index in [1.54, 1.807) is 48.5 Å². The summed E-state index contributed by atoms with van der Waals surface area (Å²) in [6.07, 6.45) is 0. The molecule has 0 N–H and O–H groups in total. The second-order valence-corrected chi connectivity index (χ2v) is 4.93. The van der Waals surface area contributed by atoms with E-state index in [4.69, 9.17) is 0 Å². The van der Waals surface area contributed by atoms with Gasteiger partial charge in [-0.3, -0.25) is 14.9 Å². The number of Topliss-reactive ketones (excluding diaryl/α,β-unsaturated/α-hetero) is 1. The SMILES string of the molecule is CC(=O)c1ccc(-c2cc([N+](=O)[O-])c3ccccc3n2)cc1. The number of rotatable bonds is 3. The van der Waals surface area contributed by atoms with Gasteiger partial charge < -0.3 is 0 Å². The molecule has 0 aliphatic heterocycles. The van der Waals surface area contributed by atoms with Crippen LogP contribution < -0.4 is 0 Å². The molecule has 5 heteroatoms. The Bertz CT molecular complexity index is 886. The van der Waals surface area contributed by atoms with E-state index in [-0.39, 0.29) is 11.5 Å². The smallest absolute Gasteiger partial charge is 0.280 e. The van der Waals surface area contributed by atoms with Crippen molar-refractivity contribution in [2.24, 2.45) is 0 Å². The summed E-state index contributed by atoms with van der Waals surface area (Å²) in [5, 5.41) is 11.8. The van der Waals surface area contributed by atoms with Crippen LogP contribution in [0.25, 0.3) is 22.2 Å². The molecule has 3 rings (SSSR count). The summed E-state index contributed by atoms with van der Waals surface area (Å²) in [7, 11) is 0. The Kier molecular flexibility index (Phi) is 3.39. The zero-order chi connectivity index (χ0) is 15.7. The van der Waals surface area contributed by atoms with Gasteiger partial charge in [0.05, 0.1) is 21.5 Å². The molecule has 22 heavy (non-hydrogen) atoms. The van der Waals surface area contributed by atoms with Gasteiger partial charge in [-0.25, -0.2) is 4.98 Å². The molecule has 0 radical (unpaired) electrons. The monoisotopic (exact) mass is 292 g/mol. The van der Waals surface area contributed by atoms with Crippen molar-refractivity contribution in [2.45, 2.75) is 6.92 Å². The molecule has 0 saturated heterocycles. The summed E-state index contributed by atoms with van der Waals surface area (Å²) in [5.41, 5.74) is 2.44. The fraction of sp³-hybridized carbons (Fsp3) is 0.0588. The highest BCUT2D eigenvalue weighted by Gasteiger charge is 2.15. The lowest BCUT2D eigenvalue weighted by Crippen LogP contribution is -1.95. The Morgan fingerprint density at radius 1 is 1.09 bits per heavy atom. The number of pyridine rings is 1. The molecule has 0 amide bonds. The highest BCUT2D eigenvalue weighted by Crippen LogP contribution is 2.29. The summed E-state index contributed by atoms with van der Waals surface area (Å²) in [6, 6.07) is 15.3. The molecule has 0 fully saturated rings. The number of nitro groups is 1. The molecule has 0 aliphatic carbocycles. The van der Waals surface area contributed by atoms with Crippen molar-refractivity contribution in [3.63, 3.8) is 0 Å². The normalized spacial score (nSPS) is 10.6. The third kappa shape index (κ3) is 2.44. The molecule has 0 bridgehead atoms. The van der Waals surface area contributed by atoms with Crippen LogP contribution in [0, 0.1) is 10.1 Å². The molecule has 1 aromatic heterocycles. The second-order valence-electron chi connectivity index (χ2n) is 4.93. The summed E-state index contributed by atoms with van der Waals surface area (Å²) in [5.74, 6) is -0.0241. The molecule has 0 saturated carbocycles. The maximum absolute atomic E-state index is 11.3. The minimum absolute atomic E-state index is 0.0241. The standard InChI is InChI=1S/C17H12N2O3/c1-11(20)12-6-8-13(9-7-12)16-10-17(19(21)22)14-4-2-3-5-15(14)18-16/h2-10H,1H3. The first-order valence-corrected chi connectivity index (χ1v) is 6.72. The van der Waals surface area contributed by atoms with Crippen molar-refractivity contribution in [1.82, 2.24) is 4.98 Å². The fourth-order valence-electron chi connectivity index (χ4n) is 2.33. The van der Waals surface area contributed by atoms with Crippen LogP contribution in [-0.2, 0) is 0 Å². The number of nitrogens with zero attached hydrogens (tertiary/aromatic N) is 2. The van der Waals surface area contributed by atoms with E-state index in [9.17, 15) is 14.9 Å². The summed E-state index contributed by atoms with van der Waals surface area (Å²) >= 11 is 0. The molecule has 1 heterocycles. The van der Waals surface area contributed by atoms with Gasteiger partial charge in [0.25, 0.3) is 5.69 Å². The van der Waals surface area contributed by atoms with Crippen LogP contribution in [0.2, 0.25) is 0 Å². The van der Waals surface area contributed by atoms with Crippen LogP contribution in [0.1, 0.15) is 17.3 Å². The zero-order valence-corrected chi connectivity index (χ0v) is 11.8. The lowest BCUT2D eigenvalue weighted by Gasteiger charge is -2.05. The van der Waals surface area contributed by atoms with E-state index >= 15 is 0 Å². The van der Waals surface area contributed by atoms with Crippen LogP contribution in [0.4, 0.5) is 5.69 Å². The minimum atomic E-state index is -0.405. The molecular weight excluding hydrogens is 280 g/mol. The molecule has 108 valence electrons. The maximum atomic E-state index is 11.3. The molecule has 0 unspecified atom stereocenters. The predicted octanol–water partition coefficient (Wildman–Crippen LogP) is 4.01. The van der Waals surface area contributed by atoms with Gasteiger partial charge in [0.2, 0.25) is 0 Å². The summed E-state index contributed by atoms with van der Waals surface area (Å²) < 4.78 is 0. The number of fused-ring (bicyclic) bond motifs is 1. The van der Waals surface area contributed by atoms with E-state index in [0.717, 1.165) is 5.56 Å². The van der Waals surface area contributed by atoms with E-state index in [2.05, 4.69) is 4.98 Å². The highest BCUT2D eigenvalue weighted by molar-refractivity contribution is 5.95. The zero-order valence-electron chi connectivity index (χ0n) is 11.8. The van der Waals surface area contributed by atoms with E-state index in [1.165, 1.54) is 13.0 Å². The Balaban J connectivity index is 2.18. The molecule has 0 aliphatic rings. The third-order valence-corrected chi connectivity index (χ3v) is 3.48. The van der Waals surface area contributed by atoms with E-state index in [0.29, 0.717) is 22.2 Å². The van der Waals surface area contributed by atoms with Crippen molar-refractivity contribution in [1.29, 1.82) is 0 Å². The largest absolute Gasteiger partial charge is 0.295 e. The van der Waals surface area contributed by atoms with Crippen molar-refractivity contribution in [2.75, 3.05) is 0 Å². The van der Waals surface area contributed by atoms with Gasteiger partial charge >= 0.3 is 0 Å². The maximum Gasteiger partial charge on any atom is 0.280 e. The number of carbonyl (C=O) groups excluding carboxylic acids is 1. The Hall–Kier alpha value is -3.08. The van der Waals surface area contributed by atoms with Gasteiger partial charge in [0, 0.05) is 17.2 Å². The quantitative estimate of drug-likeness (QED) is 0.415. The van der Waals surface area contributed by atoms with Crippen LogP contribution in [0.5, 0.6) is 0 Å². The van der Waals surface area contributed by atoms with Gasteiger partial charge in [0.1, 0.15) is 0 Å². The van der Waals surface area contributed by atoms with Crippen molar-refractivity contribution in [3.8, 4) is 11.3 Å². The predicted molar refractivity (Wildman–Crippen MR) is 83.8 cm³/mol. The van der Waals surface area contributed by atoms with Crippen molar-refractivity contribution >= 4 is 22.4 Å².